The van der Waals surface area contributed by atoms with Gasteiger partial charge in [0.2, 0.25) is 5.95 Å². The maximum Gasteiger partial charge on any atom is 0.410 e. The molecule has 2 aliphatic heterocycles. The highest BCUT2D eigenvalue weighted by Crippen LogP contribution is 2.33. The molecule has 1 amide bonds. The number of nitrogens with zero attached hydrogens (tertiary/aromatic N) is 4. The van der Waals surface area contributed by atoms with E-state index in [4.69, 9.17) is 25.5 Å². The van der Waals surface area contributed by atoms with E-state index in [0.717, 1.165) is 12.8 Å². The predicted molar refractivity (Wildman–Crippen MR) is 121 cm³/mol. The number of halogens is 1. The van der Waals surface area contributed by atoms with Crippen LogP contribution in [0.15, 0.2) is 16.8 Å². The quantitative estimate of drug-likeness (QED) is 0.678. The van der Waals surface area contributed by atoms with Gasteiger partial charge in [0, 0.05) is 25.6 Å². The number of ether oxygens (including phenoxy) is 2. The summed E-state index contributed by atoms with van der Waals surface area (Å²) in [5, 5.41) is 13.6. The van der Waals surface area contributed by atoms with Crippen molar-refractivity contribution in [2.75, 3.05) is 31.6 Å². The van der Waals surface area contributed by atoms with Crippen molar-refractivity contribution < 1.29 is 23.8 Å². The SMILES string of the molecule is CC(C)(C)OC(=O)N1CCC(c2ncc(-c3nc(N[C@@H]4CCOC[C@H]4O)ncc3Cl)o2)CC1. The van der Waals surface area contributed by atoms with Gasteiger partial charge in [-0.1, -0.05) is 11.6 Å². The molecule has 2 aromatic heterocycles. The van der Waals surface area contributed by atoms with Crippen LogP contribution < -0.4 is 5.32 Å². The molecule has 10 nitrogen and oxygen atoms in total. The van der Waals surface area contributed by atoms with Crippen molar-refractivity contribution in [3.63, 3.8) is 0 Å². The van der Waals surface area contributed by atoms with E-state index in [-0.39, 0.29) is 24.7 Å². The van der Waals surface area contributed by atoms with E-state index in [2.05, 4.69) is 20.3 Å². The second-order valence-electron chi connectivity index (χ2n) is 9.38. The first kappa shape index (κ1) is 23.7. The second-order valence-corrected chi connectivity index (χ2v) is 9.78. The Hall–Kier alpha value is -2.43. The third-order valence-electron chi connectivity index (χ3n) is 5.64. The van der Waals surface area contributed by atoms with Crippen molar-refractivity contribution in [2.24, 2.45) is 0 Å². The summed E-state index contributed by atoms with van der Waals surface area (Å²) in [6.45, 7) is 7.56. The fraction of sp³-hybridized carbons (Fsp3) is 0.636. The van der Waals surface area contributed by atoms with Gasteiger partial charge in [0.1, 0.15) is 11.3 Å². The molecule has 0 aliphatic carbocycles. The van der Waals surface area contributed by atoms with Gasteiger partial charge in [-0.3, -0.25) is 0 Å². The number of likely N-dealkylation sites (tertiary alicyclic amines) is 1. The monoisotopic (exact) mass is 479 g/mol. The summed E-state index contributed by atoms with van der Waals surface area (Å²) in [4.78, 5) is 27.2. The van der Waals surface area contributed by atoms with Crippen LogP contribution in [0.5, 0.6) is 0 Å². The number of oxazole rings is 1. The minimum atomic E-state index is -0.634. The number of aromatic nitrogens is 3. The predicted octanol–water partition coefficient (Wildman–Crippen LogP) is 3.46. The molecule has 0 aromatic carbocycles. The highest BCUT2D eigenvalue weighted by atomic mass is 35.5. The maximum absolute atomic E-state index is 12.3. The number of nitrogens with one attached hydrogen (secondary N) is 1. The third-order valence-corrected chi connectivity index (χ3v) is 5.91. The van der Waals surface area contributed by atoms with Crippen LogP contribution in [0.2, 0.25) is 5.02 Å². The maximum atomic E-state index is 12.3. The summed E-state index contributed by atoms with van der Waals surface area (Å²) in [6, 6.07) is -0.201. The lowest BCUT2D eigenvalue weighted by Gasteiger charge is -2.32. The smallest absolute Gasteiger partial charge is 0.410 e. The van der Waals surface area contributed by atoms with Crippen molar-refractivity contribution in [3.05, 3.63) is 23.3 Å². The first-order chi connectivity index (χ1) is 15.7. The lowest BCUT2D eigenvalue weighted by molar-refractivity contribution is -0.0136. The standard InChI is InChI=1S/C22H30ClN5O5/c1-22(2,3)33-21(30)28-7-4-13(5-8-28)19-24-11-17(32-19)18-14(23)10-25-20(27-18)26-15-6-9-31-12-16(15)29/h10-11,13,15-16,29H,4-9,12H2,1-3H3,(H,25,26,27)/t15-,16-/m1/s1. The van der Waals surface area contributed by atoms with Gasteiger partial charge >= 0.3 is 6.09 Å². The van der Waals surface area contributed by atoms with Crippen LogP contribution >= 0.6 is 11.6 Å². The number of aliphatic hydroxyl groups excluding tert-OH is 1. The Labute approximate surface area is 197 Å². The summed E-state index contributed by atoms with van der Waals surface area (Å²) in [7, 11) is 0. The third kappa shape index (κ3) is 5.93. The van der Waals surface area contributed by atoms with Crippen LogP contribution in [-0.2, 0) is 9.47 Å². The zero-order valence-corrected chi connectivity index (χ0v) is 19.8. The number of rotatable bonds is 4. The molecular weight excluding hydrogens is 450 g/mol. The zero-order chi connectivity index (χ0) is 23.6. The Balaban J connectivity index is 1.41. The Morgan fingerprint density at radius 3 is 2.70 bits per heavy atom. The van der Waals surface area contributed by atoms with E-state index >= 15 is 0 Å². The van der Waals surface area contributed by atoms with Gasteiger partial charge in [0.05, 0.1) is 36.2 Å². The molecule has 0 unspecified atom stereocenters. The van der Waals surface area contributed by atoms with E-state index in [1.807, 2.05) is 20.8 Å². The molecule has 0 spiro atoms. The van der Waals surface area contributed by atoms with Crippen molar-refractivity contribution in [3.8, 4) is 11.5 Å². The number of carbonyl (C=O) groups excluding carboxylic acids is 1. The summed E-state index contributed by atoms with van der Waals surface area (Å²) in [5.74, 6) is 1.48. The molecule has 2 aromatic rings. The van der Waals surface area contributed by atoms with Crippen LogP contribution in [0.3, 0.4) is 0 Å². The number of anilines is 1. The molecule has 0 saturated carbocycles. The molecule has 2 N–H and O–H groups in total. The topological polar surface area (TPSA) is 123 Å². The Morgan fingerprint density at radius 1 is 1.24 bits per heavy atom. The summed E-state index contributed by atoms with van der Waals surface area (Å²) in [6.07, 6.45) is 4.28. The van der Waals surface area contributed by atoms with Crippen molar-refractivity contribution in [1.29, 1.82) is 0 Å². The van der Waals surface area contributed by atoms with E-state index in [1.54, 1.807) is 11.1 Å². The van der Waals surface area contributed by atoms with Crippen molar-refractivity contribution in [1.82, 2.24) is 19.9 Å². The molecule has 2 saturated heterocycles. The number of aliphatic hydroxyl groups is 1. The Morgan fingerprint density at radius 2 is 2.00 bits per heavy atom. The van der Waals surface area contributed by atoms with E-state index in [1.165, 1.54) is 6.20 Å². The molecular formula is C22H30ClN5O5. The summed E-state index contributed by atoms with van der Waals surface area (Å²) >= 11 is 6.34. The van der Waals surface area contributed by atoms with Crippen molar-refractivity contribution >= 4 is 23.6 Å². The minimum absolute atomic E-state index is 0.0908. The minimum Gasteiger partial charge on any atom is -0.444 e. The fourth-order valence-corrected chi connectivity index (χ4v) is 4.07. The molecule has 4 rings (SSSR count). The first-order valence-corrected chi connectivity index (χ1v) is 11.6. The number of hydrogen-bond donors (Lipinski definition) is 2. The Kier molecular flexibility index (Phi) is 7.06. The van der Waals surface area contributed by atoms with Crippen LogP contribution in [0.1, 0.15) is 51.8 Å². The molecule has 33 heavy (non-hydrogen) atoms. The van der Waals surface area contributed by atoms with E-state index < -0.39 is 11.7 Å². The average Bonchev–Trinajstić information content (AvgIpc) is 3.25. The molecule has 11 heteroatoms. The highest BCUT2D eigenvalue weighted by molar-refractivity contribution is 6.32. The van der Waals surface area contributed by atoms with Crippen LogP contribution in [-0.4, -0.2) is 75.1 Å². The van der Waals surface area contributed by atoms with Gasteiger partial charge in [-0.05, 0) is 40.0 Å². The lowest BCUT2D eigenvalue weighted by atomic mass is 9.97. The van der Waals surface area contributed by atoms with E-state index in [9.17, 15) is 9.90 Å². The summed E-state index contributed by atoms with van der Waals surface area (Å²) < 4.78 is 16.7. The van der Waals surface area contributed by atoms with Gasteiger partial charge < -0.3 is 29.2 Å². The van der Waals surface area contributed by atoms with E-state index in [0.29, 0.717) is 54.4 Å². The van der Waals surface area contributed by atoms with Gasteiger partial charge in [-0.25, -0.2) is 19.7 Å². The number of hydrogen-bond acceptors (Lipinski definition) is 9. The van der Waals surface area contributed by atoms with Crippen LogP contribution in [0, 0.1) is 0 Å². The first-order valence-electron chi connectivity index (χ1n) is 11.2. The molecule has 2 aliphatic rings. The normalized spacial score (nSPS) is 22.3. The Bertz CT molecular complexity index is 970. The summed E-state index contributed by atoms with van der Waals surface area (Å²) in [5.41, 5.74) is -0.0839. The molecule has 2 atom stereocenters. The fourth-order valence-electron chi connectivity index (χ4n) is 3.89. The lowest BCUT2D eigenvalue weighted by Crippen LogP contribution is -2.42. The molecule has 2 fully saturated rings. The largest absolute Gasteiger partial charge is 0.444 e. The molecule has 0 bridgehead atoms. The second kappa shape index (κ2) is 9.82. The van der Waals surface area contributed by atoms with Gasteiger partial charge in [0.15, 0.2) is 11.7 Å². The molecule has 4 heterocycles. The van der Waals surface area contributed by atoms with Crippen molar-refractivity contribution in [2.45, 2.75) is 63.7 Å². The molecule has 0 radical (unpaired) electrons. The zero-order valence-electron chi connectivity index (χ0n) is 19.1. The highest BCUT2D eigenvalue weighted by Gasteiger charge is 2.30. The van der Waals surface area contributed by atoms with Crippen LogP contribution in [0.25, 0.3) is 11.5 Å². The van der Waals surface area contributed by atoms with Gasteiger partial charge in [-0.2, -0.15) is 0 Å². The van der Waals surface area contributed by atoms with Gasteiger partial charge in [0.25, 0.3) is 0 Å². The molecule has 180 valence electrons. The number of piperidine rings is 1. The van der Waals surface area contributed by atoms with Gasteiger partial charge in [-0.15, -0.1) is 0 Å². The van der Waals surface area contributed by atoms with Crippen LogP contribution in [0.4, 0.5) is 10.7 Å². The number of carbonyl (C=O) groups is 1. The number of amides is 1. The average molecular weight is 480 g/mol.